The first-order chi connectivity index (χ1) is 7.66. The third kappa shape index (κ3) is 2.22. The molecule has 0 saturated carbocycles. The molecule has 0 saturated heterocycles. The van der Waals surface area contributed by atoms with E-state index in [4.69, 9.17) is 0 Å². The molecule has 2 aromatic rings. The molecule has 0 bridgehead atoms. The number of benzene rings is 1. The van der Waals surface area contributed by atoms with E-state index in [2.05, 4.69) is 9.97 Å². The Balaban J connectivity index is 2.42. The van der Waals surface area contributed by atoms with Gasteiger partial charge in [0, 0.05) is 5.75 Å². The van der Waals surface area contributed by atoms with Crippen LogP contribution in [0.1, 0.15) is 0 Å². The fourth-order valence-electron chi connectivity index (χ4n) is 1.26. The molecule has 0 atom stereocenters. The van der Waals surface area contributed by atoms with E-state index >= 15 is 0 Å². The monoisotopic (exact) mass is 235 g/mol. The number of carboxylic acids is 1. The molecule has 82 valence electrons. The van der Waals surface area contributed by atoms with Crippen LogP contribution in [0.5, 0.6) is 0 Å². The van der Waals surface area contributed by atoms with Gasteiger partial charge in [-0.2, -0.15) is 0 Å². The number of aliphatic carboxylic acids is 1. The minimum atomic E-state index is -1.19. The van der Waals surface area contributed by atoms with Gasteiger partial charge in [-0.3, -0.25) is 4.79 Å². The fourth-order valence-corrected chi connectivity index (χ4v) is 1.84. The van der Waals surface area contributed by atoms with Crippen molar-refractivity contribution in [3.63, 3.8) is 0 Å². The second-order valence-corrected chi connectivity index (χ2v) is 4.01. The van der Waals surface area contributed by atoms with E-state index in [1.807, 2.05) is 0 Å². The van der Waals surface area contributed by atoms with Crippen molar-refractivity contribution in [1.82, 2.24) is 9.97 Å². The Hall–Kier alpha value is -1.82. The Bertz CT molecular complexity index is 594. The highest BCUT2D eigenvalue weighted by molar-refractivity contribution is 7.99. The Kier molecular flexibility index (Phi) is 2.91. The largest absolute Gasteiger partial charge is 0.549 e. The van der Waals surface area contributed by atoms with E-state index in [0.717, 1.165) is 11.8 Å². The molecule has 1 aromatic carbocycles. The van der Waals surface area contributed by atoms with Crippen molar-refractivity contribution in [2.75, 3.05) is 5.75 Å². The van der Waals surface area contributed by atoms with Gasteiger partial charge >= 0.3 is 0 Å². The van der Waals surface area contributed by atoms with Gasteiger partial charge in [0.1, 0.15) is 0 Å². The minimum Gasteiger partial charge on any atom is -0.549 e. The molecule has 16 heavy (non-hydrogen) atoms. The Morgan fingerprint density at radius 2 is 2.19 bits per heavy atom. The predicted molar refractivity (Wildman–Crippen MR) is 58.1 cm³/mol. The van der Waals surface area contributed by atoms with Gasteiger partial charge in [-0.1, -0.05) is 23.9 Å². The number of nitrogens with one attached hydrogen (secondary N) is 1. The summed E-state index contributed by atoms with van der Waals surface area (Å²) < 4.78 is 0. The van der Waals surface area contributed by atoms with E-state index in [1.54, 1.807) is 24.3 Å². The van der Waals surface area contributed by atoms with Gasteiger partial charge < -0.3 is 14.9 Å². The molecule has 0 aliphatic carbocycles. The van der Waals surface area contributed by atoms with Gasteiger partial charge in [0.25, 0.3) is 5.56 Å². The van der Waals surface area contributed by atoms with Gasteiger partial charge in [-0.25, -0.2) is 4.98 Å². The molecule has 1 aromatic heterocycles. The summed E-state index contributed by atoms with van der Waals surface area (Å²) in [6.07, 6.45) is 0. The molecule has 0 unspecified atom stereocenters. The van der Waals surface area contributed by atoms with E-state index in [1.165, 1.54) is 0 Å². The lowest BCUT2D eigenvalue weighted by molar-refractivity contribution is -0.301. The van der Waals surface area contributed by atoms with Gasteiger partial charge in [-0.05, 0) is 12.1 Å². The molecule has 0 spiro atoms. The number of hydrogen-bond donors (Lipinski definition) is 1. The summed E-state index contributed by atoms with van der Waals surface area (Å²) in [5.74, 6) is -1.43. The second-order valence-electron chi connectivity index (χ2n) is 3.05. The number of aromatic nitrogens is 2. The summed E-state index contributed by atoms with van der Waals surface area (Å²) in [5, 5.41) is 11.0. The van der Waals surface area contributed by atoms with Crippen LogP contribution in [0.25, 0.3) is 10.9 Å². The van der Waals surface area contributed by atoms with Crippen LogP contribution >= 0.6 is 11.8 Å². The quantitative estimate of drug-likeness (QED) is 0.586. The molecule has 0 amide bonds. The van der Waals surface area contributed by atoms with Gasteiger partial charge in [0.15, 0.2) is 5.16 Å². The molecule has 0 aliphatic rings. The molecule has 1 N–H and O–H groups in total. The SMILES string of the molecule is O=C([O-])CSc1nc2ccccc2c(=O)[nH]1. The molecule has 0 aliphatic heterocycles. The zero-order valence-electron chi connectivity index (χ0n) is 8.10. The third-order valence-corrected chi connectivity index (χ3v) is 2.76. The van der Waals surface area contributed by atoms with E-state index in [-0.39, 0.29) is 16.5 Å². The molecule has 6 heteroatoms. The lowest BCUT2D eigenvalue weighted by Crippen LogP contribution is -2.24. The summed E-state index contributed by atoms with van der Waals surface area (Å²) in [5.41, 5.74) is 0.276. The maximum absolute atomic E-state index is 11.6. The lowest BCUT2D eigenvalue weighted by Gasteiger charge is -2.02. The minimum absolute atomic E-state index is 0.235. The van der Waals surface area contributed by atoms with Crippen molar-refractivity contribution in [3.8, 4) is 0 Å². The van der Waals surface area contributed by atoms with Crippen LogP contribution in [0.3, 0.4) is 0 Å². The molecule has 0 fully saturated rings. The number of para-hydroxylation sites is 1. The van der Waals surface area contributed by atoms with Crippen molar-refractivity contribution in [3.05, 3.63) is 34.6 Å². The van der Waals surface area contributed by atoms with Gasteiger partial charge in [0.05, 0.1) is 16.9 Å². The van der Waals surface area contributed by atoms with E-state index in [0.29, 0.717) is 10.9 Å². The predicted octanol–water partition coefficient (Wildman–Crippen LogP) is -0.235. The van der Waals surface area contributed by atoms with Crippen LogP contribution in [0.4, 0.5) is 0 Å². The molecule has 1 heterocycles. The molecule has 5 nitrogen and oxygen atoms in total. The van der Waals surface area contributed by atoms with Crippen LogP contribution < -0.4 is 10.7 Å². The van der Waals surface area contributed by atoms with Crippen molar-refractivity contribution in [1.29, 1.82) is 0 Å². The highest BCUT2D eigenvalue weighted by Crippen LogP contribution is 2.13. The number of nitrogens with zero attached hydrogens (tertiary/aromatic N) is 1. The van der Waals surface area contributed by atoms with Crippen molar-refractivity contribution < 1.29 is 9.90 Å². The van der Waals surface area contributed by atoms with Gasteiger partial charge in [0.2, 0.25) is 0 Å². The average molecular weight is 235 g/mol. The van der Waals surface area contributed by atoms with Crippen LogP contribution in [-0.4, -0.2) is 21.7 Å². The van der Waals surface area contributed by atoms with Gasteiger partial charge in [-0.15, -0.1) is 0 Å². The summed E-state index contributed by atoms with van der Waals surface area (Å²) in [7, 11) is 0. The maximum Gasteiger partial charge on any atom is 0.259 e. The summed E-state index contributed by atoms with van der Waals surface area (Å²) >= 11 is 0.929. The molecule has 2 rings (SSSR count). The van der Waals surface area contributed by atoms with Crippen LogP contribution in [-0.2, 0) is 4.79 Å². The number of thioether (sulfide) groups is 1. The molecular formula is C10H7N2O3S-. The summed E-state index contributed by atoms with van der Waals surface area (Å²) in [4.78, 5) is 28.5. The zero-order chi connectivity index (χ0) is 11.5. The van der Waals surface area contributed by atoms with Crippen LogP contribution in [0.15, 0.2) is 34.2 Å². The highest BCUT2D eigenvalue weighted by Gasteiger charge is 2.03. The summed E-state index contributed by atoms with van der Waals surface area (Å²) in [6, 6.07) is 6.87. The standard InChI is InChI=1S/C10H8N2O3S/c13-8(14)5-16-10-11-7-4-2-1-3-6(7)9(15)12-10/h1-4H,5H2,(H,13,14)(H,11,12,15)/p-1. The van der Waals surface area contributed by atoms with E-state index in [9.17, 15) is 14.7 Å². The third-order valence-electron chi connectivity index (χ3n) is 1.92. The van der Waals surface area contributed by atoms with Crippen molar-refractivity contribution >= 4 is 28.6 Å². The maximum atomic E-state index is 11.6. The molecule has 0 radical (unpaired) electrons. The van der Waals surface area contributed by atoms with Crippen LogP contribution in [0.2, 0.25) is 0 Å². The highest BCUT2D eigenvalue weighted by atomic mass is 32.2. The first kappa shape index (κ1) is 10.7. The smallest absolute Gasteiger partial charge is 0.259 e. The first-order valence-electron chi connectivity index (χ1n) is 4.48. The van der Waals surface area contributed by atoms with E-state index < -0.39 is 5.97 Å². The number of rotatable bonds is 3. The average Bonchev–Trinajstić information content (AvgIpc) is 2.26. The van der Waals surface area contributed by atoms with Crippen molar-refractivity contribution in [2.45, 2.75) is 5.16 Å². The molecular weight excluding hydrogens is 228 g/mol. The fraction of sp³-hybridized carbons (Fsp3) is 0.100. The number of fused-ring (bicyclic) bond motifs is 1. The number of carbonyl (C=O) groups excluding carboxylic acids is 1. The number of carbonyl (C=O) groups is 1. The Morgan fingerprint density at radius 1 is 1.44 bits per heavy atom. The first-order valence-corrected chi connectivity index (χ1v) is 5.47. The topological polar surface area (TPSA) is 85.9 Å². The lowest BCUT2D eigenvalue weighted by atomic mass is 10.2. The normalized spacial score (nSPS) is 10.5. The Labute approximate surface area is 94.5 Å². The summed E-state index contributed by atoms with van der Waals surface area (Å²) in [6.45, 7) is 0. The number of aromatic amines is 1. The number of carboxylic acid groups (broad SMARTS) is 1. The van der Waals surface area contributed by atoms with Crippen LogP contribution in [0, 0.1) is 0 Å². The zero-order valence-corrected chi connectivity index (χ0v) is 8.91. The number of H-pyrrole nitrogens is 1. The number of hydrogen-bond acceptors (Lipinski definition) is 5. The van der Waals surface area contributed by atoms with Crippen molar-refractivity contribution in [2.24, 2.45) is 0 Å². The Morgan fingerprint density at radius 3 is 2.94 bits per heavy atom. The second kappa shape index (κ2) is 4.36.